The number of nitrogens with zero attached hydrogens (tertiary/aromatic N) is 2. The lowest BCUT2D eigenvalue weighted by molar-refractivity contribution is -0.256. The van der Waals surface area contributed by atoms with Gasteiger partial charge in [-0.3, -0.25) is 4.79 Å². The smallest absolute Gasteiger partial charge is 0.395 e. The molecule has 39 heavy (non-hydrogen) atoms. The maximum atomic E-state index is 14.9. The molecule has 212 valence electrons. The normalized spacial score (nSPS) is 22.4. The molecule has 2 aromatic rings. The van der Waals surface area contributed by atoms with Crippen molar-refractivity contribution in [3.8, 4) is 16.9 Å². The Bertz CT molecular complexity index is 1140. The summed E-state index contributed by atoms with van der Waals surface area (Å²) in [4.78, 5) is 16.2. The second-order valence-corrected chi connectivity index (χ2v) is 11.4. The van der Waals surface area contributed by atoms with Crippen LogP contribution in [0.3, 0.4) is 0 Å². The highest BCUT2D eigenvalue weighted by molar-refractivity contribution is 5.95. The van der Waals surface area contributed by atoms with Crippen LogP contribution in [0.15, 0.2) is 42.5 Å². The lowest BCUT2D eigenvalue weighted by Crippen LogP contribution is -2.53. The van der Waals surface area contributed by atoms with Gasteiger partial charge in [0, 0.05) is 30.8 Å². The number of hydrogen-bond acceptors (Lipinski definition) is 4. The van der Waals surface area contributed by atoms with E-state index in [2.05, 4.69) is 0 Å². The average molecular weight is 549 g/mol. The van der Waals surface area contributed by atoms with E-state index in [1.54, 1.807) is 41.3 Å². The van der Waals surface area contributed by atoms with Crippen LogP contribution in [0.1, 0.15) is 55.3 Å². The summed E-state index contributed by atoms with van der Waals surface area (Å²) < 4.78 is 61.4. The maximum Gasteiger partial charge on any atom is 0.395 e. The number of carbonyl (C=O) groups excluding carboxylic acids is 1. The Morgan fingerprint density at radius 2 is 1.72 bits per heavy atom. The van der Waals surface area contributed by atoms with Gasteiger partial charge >= 0.3 is 6.18 Å². The molecular formula is C30H36F4N2O3. The summed E-state index contributed by atoms with van der Waals surface area (Å²) in [6.45, 7) is 2.73. The maximum absolute atomic E-state index is 14.9. The Hall–Kier alpha value is -2.65. The lowest BCUT2D eigenvalue weighted by Gasteiger charge is -2.47. The van der Waals surface area contributed by atoms with Gasteiger partial charge in [0.25, 0.3) is 5.91 Å². The van der Waals surface area contributed by atoms with Crippen molar-refractivity contribution in [3.05, 3.63) is 53.8 Å². The number of amides is 1. The number of rotatable bonds is 7. The molecule has 1 N–H and O–H groups in total. The zero-order chi connectivity index (χ0) is 27.6. The van der Waals surface area contributed by atoms with Crippen molar-refractivity contribution in [3.63, 3.8) is 0 Å². The van der Waals surface area contributed by atoms with Crippen molar-refractivity contribution >= 4 is 5.91 Å². The second kappa shape index (κ2) is 11.5. The largest absolute Gasteiger partial charge is 0.493 e. The van der Waals surface area contributed by atoms with E-state index in [1.165, 1.54) is 6.07 Å². The highest BCUT2D eigenvalue weighted by Gasteiger charge is 2.58. The number of likely N-dealkylation sites (tertiary alicyclic amines) is 2. The van der Waals surface area contributed by atoms with Crippen LogP contribution < -0.4 is 4.74 Å². The predicted molar refractivity (Wildman–Crippen MR) is 140 cm³/mol. The van der Waals surface area contributed by atoms with E-state index in [-0.39, 0.29) is 43.3 Å². The first-order chi connectivity index (χ1) is 18.6. The van der Waals surface area contributed by atoms with Gasteiger partial charge in [0.2, 0.25) is 0 Å². The summed E-state index contributed by atoms with van der Waals surface area (Å²) in [7, 11) is 0. The number of ether oxygens (including phenoxy) is 1. The molecule has 9 heteroatoms. The molecule has 5 rings (SSSR count). The first kappa shape index (κ1) is 27.9. The van der Waals surface area contributed by atoms with E-state index in [0.717, 1.165) is 19.3 Å². The molecule has 0 aromatic heterocycles. The van der Waals surface area contributed by atoms with Gasteiger partial charge < -0.3 is 19.6 Å². The van der Waals surface area contributed by atoms with Gasteiger partial charge in [-0.2, -0.15) is 13.2 Å². The van der Waals surface area contributed by atoms with Crippen molar-refractivity contribution < 1.29 is 32.2 Å². The summed E-state index contributed by atoms with van der Waals surface area (Å²) in [6.07, 6.45) is -0.523. The van der Waals surface area contributed by atoms with Crippen molar-refractivity contribution in [2.75, 3.05) is 39.3 Å². The van der Waals surface area contributed by atoms with Gasteiger partial charge in [-0.05, 0) is 87.4 Å². The Morgan fingerprint density at radius 1 is 1.00 bits per heavy atom. The molecule has 0 bridgehead atoms. The summed E-state index contributed by atoms with van der Waals surface area (Å²) in [5.41, 5.74) is -0.204. The molecular weight excluding hydrogens is 512 g/mol. The van der Waals surface area contributed by atoms with Gasteiger partial charge in [-0.1, -0.05) is 24.6 Å². The van der Waals surface area contributed by atoms with Crippen molar-refractivity contribution in [2.24, 2.45) is 11.3 Å². The third-order valence-electron chi connectivity index (χ3n) is 8.70. The van der Waals surface area contributed by atoms with Gasteiger partial charge in [-0.15, -0.1) is 0 Å². The molecule has 2 heterocycles. The van der Waals surface area contributed by atoms with Crippen molar-refractivity contribution in [1.29, 1.82) is 0 Å². The average Bonchev–Trinajstić information content (AvgIpc) is 2.89. The van der Waals surface area contributed by atoms with Crippen LogP contribution in [0, 0.1) is 17.2 Å². The zero-order valence-corrected chi connectivity index (χ0v) is 22.1. The fraction of sp³-hybridized carbons (Fsp3) is 0.567. The molecule has 0 spiro atoms. The van der Waals surface area contributed by atoms with E-state index in [1.807, 2.05) is 4.90 Å². The highest BCUT2D eigenvalue weighted by Crippen LogP contribution is 2.53. The van der Waals surface area contributed by atoms with E-state index < -0.39 is 23.5 Å². The molecule has 5 nitrogen and oxygen atoms in total. The monoisotopic (exact) mass is 548 g/mol. The van der Waals surface area contributed by atoms with Gasteiger partial charge in [0.05, 0.1) is 18.1 Å². The number of aliphatic hydroxyl groups is 1. The minimum atomic E-state index is -4.13. The standard InChI is InChI=1S/C30H36F4N2O3/c31-27-17-23(28(38)36-14-1-3-24(37)18-36)6-9-26(27)22-4-7-25(8-5-22)39-19-21-10-15-35(16-11-21)20-29(12-2-13-29)30(32,33)34/h4-9,17,21,24,37H,1-3,10-16,18-20H2/t24-/m1/s1. The summed E-state index contributed by atoms with van der Waals surface area (Å²) in [6, 6.07) is 11.6. The fourth-order valence-corrected chi connectivity index (χ4v) is 6.02. The third kappa shape index (κ3) is 6.24. The number of β-amino-alcohol motifs (C(OH)–C–C–N with tert-alkyl or cyclic N) is 1. The number of benzene rings is 2. The third-order valence-corrected chi connectivity index (χ3v) is 8.70. The minimum absolute atomic E-state index is 0.110. The Labute approximate surface area is 226 Å². The SMILES string of the molecule is O=C(c1ccc(-c2ccc(OCC3CCN(CC4(C(F)(F)F)CCC4)CC3)cc2)c(F)c1)N1CCC[C@@H](O)C1. The Balaban J connectivity index is 1.11. The zero-order valence-electron chi connectivity index (χ0n) is 22.1. The van der Waals surface area contributed by atoms with Crippen LogP contribution in [-0.4, -0.2) is 72.4 Å². The molecule has 2 aliphatic heterocycles. The molecule has 2 saturated heterocycles. The number of halogens is 4. The molecule has 3 fully saturated rings. The number of carbonyl (C=O) groups is 1. The van der Waals surface area contributed by atoms with Gasteiger partial charge in [-0.25, -0.2) is 4.39 Å². The molecule has 1 amide bonds. The van der Waals surface area contributed by atoms with Crippen LogP contribution in [0.5, 0.6) is 5.75 Å². The summed E-state index contributed by atoms with van der Waals surface area (Å²) >= 11 is 0. The summed E-state index contributed by atoms with van der Waals surface area (Å²) in [5, 5.41) is 9.83. The number of alkyl halides is 3. The Morgan fingerprint density at radius 3 is 2.31 bits per heavy atom. The fourth-order valence-electron chi connectivity index (χ4n) is 6.02. The Kier molecular flexibility index (Phi) is 8.19. The van der Waals surface area contributed by atoms with E-state index in [9.17, 15) is 27.5 Å². The molecule has 2 aromatic carbocycles. The van der Waals surface area contributed by atoms with E-state index in [4.69, 9.17) is 4.74 Å². The molecule has 0 radical (unpaired) electrons. The number of piperidine rings is 2. The molecule has 1 saturated carbocycles. The van der Waals surface area contributed by atoms with Gasteiger partial charge in [0.1, 0.15) is 11.6 Å². The second-order valence-electron chi connectivity index (χ2n) is 11.4. The first-order valence-electron chi connectivity index (χ1n) is 13.9. The molecule has 1 aliphatic carbocycles. The van der Waals surface area contributed by atoms with Crippen LogP contribution in [0.2, 0.25) is 0 Å². The predicted octanol–water partition coefficient (Wildman–Crippen LogP) is 5.91. The lowest BCUT2D eigenvalue weighted by atomic mass is 9.67. The molecule has 3 aliphatic rings. The van der Waals surface area contributed by atoms with E-state index >= 15 is 0 Å². The quantitative estimate of drug-likeness (QED) is 0.437. The number of aliphatic hydroxyl groups excluding tert-OH is 1. The van der Waals surface area contributed by atoms with E-state index in [0.29, 0.717) is 56.0 Å². The van der Waals surface area contributed by atoms with Crippen LogP contribution in [-0.2, 0) is 0 Å². The van der Waals surface area contributed by atoms with Crippen LogP contribution in [0.4, 0.5) is 17.6 Å². The molecule has 0 unspecified atom stereocenters. The topological polar surface area (TPSA) is 53.0 Å². The van der Waals surface area contributed by atoms with Gasteiger partial charge in [0.15, 0.2) is 0 Å². The minimum Gasteiger partial charge on any atom is -0.493 e. The molecule has 1 atom stereocenters. The summed E-state index contributed by atoms with van der Waals surface area (Å²) in [5.74, 6) is 0.167. The van der Waals surface area contributed by atoms with Crippen LogP contribution in [0.25, 0.3) is 11.1 Å². The number of hydrogen-bond donors (Lipinski definition) is 1. The first-order valence-corrected chi connectivity index (χ1v) is 13.9. The van der Waals surface area contributed by atoms with Crippen molar-refractivity contribution in [1.82, 2.24) is 9.80 Å². The van der Waals surface area contributed by atoms with Crippen LogP contribution >= 0.6 is 0 Å². The highest BCUT2D eigenvalue weighted by atomic mass is 19.4. The van der Waals surface area contributed by atoms with Crippen molar-refractivity contribution in [2.45, 2.75) is 57.2 Å².